The summed E-state index contributed by atoms with van der Waals surface area (Å²) in [6.45, 7) is 2.39. The normalized spacial score (nSPS) is 17.6. The third kappa shape index (κ3) is 3.53. The number of carbonyl (C=O) groups is 2. The van der Waals surface area contributed by atoms with Crippen molar-refractivity contribution in [3.8, 4) is 0 Å². The molecule has 3 rings (SSSR count). The van der Waals surface area contributed by atoms with Gasteiger partial charge in [-0.15, -0.1) is 10.2 Å². The summed E-state index contributed by atoms with van der Waals surface area (Å²) in [5.41, 5.74) is 1.96. The highest BCUT2D eigenvalue weighted by molar-refractivity contribution is 8.00. The van der Waals surface area contributed by atoms with E-state index in [4.69, 9.17) is 0 Å². The Hall–Kier alpha value is -1.93. The minimum Gasteiger partial charge on any atom is -0.312 e. The number of amides is 2. The predicted molar refractivity (Wildman–Crippen MR) is 92.0 cm³/mol. The zero-order valence-corrected chi connectivity index (χ0v) is 14.4. The van der Waals surface area contributed by atoms with E-state index in [1.165, 1.54) is 23.1 Å². The van der Waals surface area contributed by atoms with Gasteiger partial charge in [-0.05, 0) is 25.3 Å². The van der Waals surface area contributed by atoms with Crippen LogP contribution in [0.15, 0.2) is 28.6 Å². The van der Waals surface area contributed by atoms with E-state index in [9.17, 15) is 9.59 Å². The van der Waals surface area contributed by atoms with E-state index in [2.05, 4.69) is 15.5 Å². The van der Waals surface area contributed by atoms with Crippen LogP contribution in [-0.4, -0.2) is 34.8 Å². The molecule has 0 aliphatic carbocycles. The highest BCUT2D eigenvalue weighted by Gasteiger charge is 2.35. The number of rotatable bonds is 4. The molecular formula is C15H16N4O2S2. The fourth-order valence-electron chi connectivity index (χ4n) is 2.41. The van der Waals surface area contributed by atoms with Crippen LogP contribution in [0.25, 0.3) is 0 Å². The number of benzene rings is 1. The Labute approximate surface area is 142 Å². The number of nitrogens with one attached hydrogen (secondary N) is 1. The monoisotopic (exact) mass is 348 g/mol. The van der Waals surface area contributed by atoms with Gasteiger partial charge in [0.25, 0.3) is 0 Å². The van der Waals surface area contributed by atoms with Gasteiger partial charge in [0, 0.05) is 18.7 Å². The molecule has 0 bridgehead atoms. The van der Waals surface area contributed by atoms with Crippen LogP contribution in [0.1, 0.15) is 12.0 Å². The Morgan fingerprint density at radius 3 is 2.74 bits per heavy atom. The summed E-state index contributed by atoms with van der Waals surface area (Å²) in [5, 5.41) is 11.1. The Balaban J connectivity index is 1.66. The van der Waals surface area contributed by atoms with Crippen molar-refractivity contribution in [2.24, 2.45) is 5.92 Å². The van der Waals surface area contributed by atoms with Crippen LogP contribution in [0.5, 0.6) is 0 Å². The standard InChI is InChI=1S/C15H16N4O2S2/c1-9-3-5-11(6-4-9)19-8-10(7-12(19)20)13(21)16-14-17-18-15(22-2)23-14/h3-6,10H,7-8H2,1-2H3,(H,16,17,21)/t10-/m0/s1. The van der Waals surface area contributed by atoms with Crippen LogP contribution in [-0.2, 0) is 9.59 Å². The van der Waals surface area contributed by atoms with Crippen molar-refractivity contribution in [1.82, 2.24) is 10.2 Å². The van der Waals surface area contributed by atoms with Gasteiger partial charge >= 0.3 is 0 Å². The molecule has 6 nitrogen and oxygen atoms in total. The molecule has 1 aromatic carbocycles. The number of hydrogen-bond acceptors (Lipinski definition) is 6. The molecule has 1 aromatic heterocycles. The van der Waals surface area contributed by atoms with Crippen molar-refractivity contribution < 1.29 is 9.59 Å². The van der Waals surface area contributed by atoms with E-state index < -0.39 is 0 Å². The van der Waals surface area contributed by atoms with Crippen LogP contribution in [0.3, 0.4) is 0 Å². The average Bonchev–Trinajstić information content (AvgIpc) is 3.15. The van der Waals surface area contributed by atoms with E-state index in [-0.39, 0.29) is 24.2 Å². The second-order valence-corrected chi connectivity index (χ2v) is 7.34. The largest absolute Gasteiger partial charge is 0.312 e. The Morgan fingerprint density at radius 2 is 2.09 bits per heavy atom. The van der Waals surface area contributed by atoms with Crippen LogP contribution >= 0.6 is 23.1 Å². The van der Waals surface area contributed by atoms with Crippen molar-refractivity contribution >= 4 is 45.7 Å². The second-order valence-electron chi connectivity index (χ2n) is 5.31. The molecule has 2 amide bonds. The zero-order chi connectivity index (χ0) is 16.4. The lowest BCUT2D eigenvalue weighted by Gasteiger charge is -2.16. The van der Waals surface area contributed by atoms with Gasteiger partial charge in [0.15, 0.2) is 4.34 Å². The third-order valence-corrected chi connectivity index (χ3v) is 5.47. The molecule has 0 saturated carbocycles. The summed E-state index contributed by atoms with van der Waals surface area (Å²) in [5.74, 6) is -0.585. The summed E-state index contributed by atoms with van der Waals surface area (Å²) in [6.07, 6.45) is 2.12. The number of carbonyl (C=O) groups excluding carboxylic acids is 2. The molecule has 1 aliphatic rings. The summed E-state index contributed by atoms with van der Waals surface area (Å²) in [4.78, 5) is 26.2. The maximum absolute atomic E-state index is 12.3. The van der Waals surface area contributed by atoms with Gasteiger partial charge in [-0.2, -0.15) is 0 Å². The molecule has 0 unspecified atom stereocenters. The van der Waals surface area contributed by atoms with Gasteiger partial charge in [0.1, 0.15) is 0 Å². The quantitative estimate of drug-likeness (QED) is 0.679. The van der Waals surface area contributed by atoms with E-state index in [1.807, 2.05) is 37.4 Å². The lowest BCUT2D eigenvalue weighted by Crippen LogP contribution is -2.28. The molecule has 0 radical (unpaired) electrons. The van der Waals surface area contributed by atoms with Gasteiger partial charge in [-0.25, -0.2) is 0 Å². The minimum absolute atomic E-state index is 0.0314. The first-order chi connectivity index (χ1) is 11.1. The highest BCUT2D eigenvalue weighted by Crippen LogP contribution is 2.28. The zero-order valence-electron chi connectivity index (χ0n) is 12.8. The van der Waals surface area contributed by atoms with Crippen LogP contribution in [0.2, 0.25) is 0 Å². The first kappa shape index (κ1) is 15.9. The number of anilines is 2. The van der Waals surface area contributed by atoms with E-state index in [0.29, 0.717) is 11.7 Å². The molecular weight excluding hydrogens is 332 g/mol. The molecule has 1 saturated heterocycles. The molecule has 2 heterocycles. The van der Waals surface area contributed by atoms with Crippen molar-refractivity contribution in [3.05, 3.63) is 29.8 Å². The first-order valence-electron chi connectivity index (χ1n) is 7.12. The summed E-state index contributed by atoms with van der Waals surface area (Å²) < 4.78 is 0.795. The Bertz CT molecular complexity index is 729. The van der Waals surface area contributed by atoms with Crippen LogP contribution in [0.4, 0.5) is 10.8 Å². The van der Waals surface area contributed by atoms with Gasteiger partial charge in [-0.3, -0.25) is 9.59 Å². The number of hydrogen-bond donors (Lipinski definition) is 1. The van der Waals surface area contributed by atoms with Crippen molar-refractivity contribution in [1.29, 1.82) is 0 Å². The van der Waals surface area contributed by atoms with E-state index in [1.54, 1.807) is 4.90 Å². The average molecular weight is 348 g/mol. The number of aromatic nitrogens is 2. The fourth-order valence-corrected chi connectivity index (χ4v) is 3.58. The number of nitrogens with zero attached hydrogens (tertiary/aromatic N) is 3. The van der Waals surface area contributed by atoms with Gasteiger partial charge in [0.2, 0.25) is 16.9 Å². The van der Waals surface area contributed by atoms with Crippen molar-refractivity contribution in [2.45, 2.75) is 17.7 Å². The molecule has 1 aliphatic heterocycles. The van der Waals surface area contributed by atoms with Crippen molar-refractivity contribution in [2.75, 3.05) is 23.0 Å². The Morgan fingerprint density at radius 1 is 1.35 bits per heavy atom. The maximum atomic E-state index is 12.3. The van der Waals surface area contributed by atoms with Crippen LogP contribution in [0, 0.1) is 12.8 Å². The smallest absolute Gasteiger partial charge is 0.231 e. The molecule has 1 atom stereocenters. The molecule has 120 valence electrons. The molecule has 2 aromatic rings. The molecule has 23 heavy (non-hydrogen) atoms. The highest BCUT2D eigenvalue weighted by atomic mass is 32.2. The SMILES string of the molecule is CSc1nnc(NC(=O)[C@H]2CC(=O)N(c3ccc(C)cc3)C2)s1. The van der Waals surface area contributed by atoms with Gasteiger partial charge in [0.05, 0.1) is 5.92 Å². The fraction of sp³-hybridized carbons (Fsp3) is 0.333. The minimum atomic E-state index is -0.370. The first-order valence-corrected chi connectivity index (χ1v) is 9.16. The number of aryl methyl sites for hydroxylation is 1. The topological polar surface area (TPSA) is 75.2 Å². The Kier molecular flexibility index (Phi) is 4.63. The van der Waals surface area contributed by atoms with Gasteiger partial charge < -0.3 is 10.2 Å². The summed E-state index contributed by atoms with van der Waals surface area (Å²) in [6, 6.07) is 7.73. The molecule has 8 heteroatoms. The lowest BCUT2D eigenvalue weighted by atomic mass is 10.1. The van der Waals surface area contributed by atoms with Crippen LogP contribution < -0.4 is 10.2 Å². The summed E-state index contributed by atoms with van der Waals surface area (Å²) >= 11 is 2.81. The predicted octanol–water partition coefficient (Wildman–Crippen LogP) is 2.56. The van der Waals surface area contributed by atoms with Crippen molar-refractivity contribution in [3.63, 3.8) is 0 Å². The molecule has 1 fully saturated rings. The summed E-state index contributed by atoms with van der Waals surface area (Å²) in [7, 11) is 0. The second kappa shape index (κ2) is 6.67. The van der Waals surface area contributed by atoms with E-state index >= 15 is 0 Å². The van der Waals surface area contributed by atoms with Gasteiger partial charge in [-0.1, -0.05) is 40.8 Å². The maximum Gasteiger partial charge on any atom is 0.231 e. The molecule has 0 spiro atoms. The number of thioether (sulfide) groups is 1. The third-order valence-electron chi connectivity index (χ3n) is 3.65. The van der Waals surface area contributed by atoms with E-state index in [0.717, 1.165) is 15.6 Å². The lowest BCUT2D eigenvalue weighted by molar-refractivity contribution is -0.122. The molecule has 1 N–H and O–H groups in total.